The molecule has 12 heavy (non-hydrogen) atoms. The average Bonchev–Trinajstić information content (AvgIpc) is 2.48. The number of esters is 1. The van der Waals surface area contributed by atoms with Gasteiger partial charge in [0.15, 0.2) is 0 Å². The maximum atomic E-state index is 11.2. The van der Waals surface area contributed by atoms with Crippen molar-refractivity contribution in [2.24, 2.45) is 11.3 Å². The molecule has 2 unspecified atom stereocenters. The maximum absolute atomic E-state index is 11.2. The van der Waals surface area contributed by atoms with Gasteiger partial charge in [-0.25, -0.2) is 0 Å². The minimum atomic E-state index is -0.0211. The van der Waals surface area contributed by atoms with Gasteiger partial charge in [0.2, 0.25) is 0 Å². The summed E-state index contributed by atoms with van der Waals surface area (Å²) in [7, 11) is 1.48. The third kappa shape index (κ3) is 1.79. The third-order valence-corrected chi connectivity index (χ3v) is 3.22. The lowest BCUT2D eigenvalue weighted by atomic mass is 9.85. The molecule has 0 saturated heterocycles. The zero-order valence-corrected chi connectivity index (χ0v) is 8.22. The topological polar surface area (TPSA) is 26.3 Å². The summed E-state index contributed by atoms with van der Waals surface area (Å²) < 4.78 is 4.73. The molecule has 0 aromatic heterocycles. The maximum Gasteiger partial charge on any atom is 0.308 e. The van der Waals surface area contributed by atoms with Crippen LogP contribution in [0.25, 0.3) is 0 Å². The van der Waals surface area contributed by atoms with E-state index in [0.29, 0.717) is 5.41 Å². The zero-order chi connectivity index (χ0) is 9.19. The molecule has 0 bridgehead atoms. The van der Waals surface area contributed by atoms with E-state index in [1.165, 1.54) is 20.0 Å². The largest absolute Gasteiger partial charge is 0.469 e. The van der Waals surface area contributed by atoms with Gasteiger partial charge in [-0.1, -0.05) is 20.3 Å². The lowest BCUT2D eigenvalue weighted by Gasteiger charge is -2.20. The quantitative estimate of drug-likeness (QED) is 0.595. The fourth-order valence-corrected chi connectivity index (χ4v) is 2.01. The van der Waals surface area contributed by atoms with Gasteiger partial charge in [0.1, 0.15) is 0 Å². The van der Waals surface area contributed by atoms with Crippen molar-refractivity contribution in [3.8, 4) is 0 Å². The first-order valence-corrected chi connectivity index (χ1v) is 4.69. The first kappa shape index (κ1) is 9.56. The van der Waals surface area contributed by atoms with Gasteiger partial charge >= 0.3 is 5.97 Å². The molecule has 0 N–H and O–H groups in total. The van der Waals surface area contributed by atoms with E-state index in [4.69, 9.17) is 4.74 Å². The monoisotopic (exact) mass is 170 g/mol. The van der Waals surface area contributed by atoms with Crippen molar-refractivity contribution in [2.75, 3.05) is 7.11 Å². The van der Waals surface area contributed by atoms with Gasteiger partial charge in [0.25, 0.3) is 0 Å². The van der Waals surface area contributed by atoms with Gasteiger partial charge in [-0.2, -0.15) is 0 Å². The Morgan fingerprint density at radius 2 is 2.33 bits per heavy atom. The van der Waals surface area contributed by atoms with E-state index in [0.717, 1.165) is 12.8 Å². The fraction of sp³-hybridized carbons (Fsp3) is 0.900. The molecule has 2 atom stereocenters. The Hall–Kier alpha value is -0.530. The zero-order valence-electron chi connectivity index (χ0n) is 8.22. The van der Waals surface area contributed by atoms with Crippen LogP contribution in [0, 0.1) is 11.3 Å². The van der Waals surface area contributed by atoms with Crippen LogP contribution in [0.4, 0.5) is 0 Å². The lowest BCUT2D eigenvalue weighted by molar-refractivity contribution is -0.145. The van der Waals surface area contributed by atoms with Crippen LogP contribution in [0.1, 0.15) is 39.5 Å². The van der Waals surface area contributed by atoms with Crippen molar-refractivity contribution in [3.05, 3.63) is 0 Å². The normalized spacial score (nSPS) is 35.1. The van der Waals surface area contributed by atoms with Crippen LogP contribution in [-0.2, 0) is 9.53 Å². The summed E-state index contributed by atoms with van der Waals surface area (Å²) in [6.45, 7) is 4.45. The van der Waals surface area contributed by atoms with E-state index in [9.17, 15) is 4.79 Å². The molecule has 1 aliphatic rings. The Balaban J connectivity index is 2.50. The van der Waals surface area contributed by atoms with Crippen molar-refractivity contribution in [2.45, 2.75) is 39.5 Å². The molecule has 0 heterocycles. The second kappa shape index (κ2) is 3.46. The highest BCUT2D eigenvalue weighted by Crippen LogP contribution is 2.44. The van der Waals surface area contributed by atoms with Gasteiger partial charge in [-0.15, -0.1) is 0 Å². The summed E-state index contributed by atoms with van der Waals surface area (Å²) in [5.74, 6) is 0.145. The predicted molar refractivity (Wildman–Crippen MR) is 47.8 cm³/mol. The molecule has 1 saturated carbocycles. The van der Waals surface area contributed by atoms with Gasteiger partial charge in [0.05, 0.1) is 13.0 Å². The molecule has 1 fully saturated rings. The second-order valence-corrected chi connectivity index (χ2v) is 4.13. The third-order valence-electron chi connectivity index (χ3n) is 3.22. The number of carbonyl (C=O) groups excluding carboxylic acids is 1. The Kier molecular flexibility index (Phi) is 2.76. The number of carbonyl (C=O) groups is 1. The van der Waals surface area contributed by atoms with E-state index >= 15 is 0 Å². The molecule has 0 aromatic carbocycles. The molecule has 2 nitrogen and oxygen atoms in total. The molecule has 0 aliphatic heterocycles. The molecule has 1 rings (SSSR count). The van der Waals surface area contributed by atoms with Crippen molar-refractivity contribution in [1.82, 2.24) is 0 Å². The Bertz CT molecular complexity index is 177. The average molecular weight is 170 g/mol. The van der Waals surface area contributed by atoms with Crippen molar-refractivity contribution in [3.63, 3.8) is 0 Å². The Morgan fingerprint density at radius 1 is 1.67 bits per heavy atom. The number of methoxy groups -OCH3 is 1. The van der Waals surface area contributed by atoms with Crippen LogP contribution in [0.15, 0.2) is 0 Å². The summed E-state index contributed by atoms with van der Waals surface area (Å²) >= 11 is 0. The molecule has 70 valence electrons. The molecule has 0 amide bonds. The number of ether oxygens (including phenoxy) is 1. The summed E-state index contributed by atoms with van der Waals surface area (Å²) in [4.78, 5) is 11.2. The lowest BCUT2D eigenvalue weighted by Crippen LogP contribution is -2.16. The smallest absolute Gasteiger partial charge is 0.308 e. The van der Waals surface area contributed by atoms with Crippen LogP contribution in [-0.4, -0.2) is 13.1 Å². The van der Waals surface area contributed by atoms with Crippen LogP contribution >= 0.6 is 0 Å². The first-order chi connectivity index (χ1) is 5.61. The summed E-state index contributed by atoms with van der Waals surface area (Å²) in [6.07, 6.45) is 4.36. The van der Waals surface area contributed by atoms with Crippen molar-refractivity contribution in [1.29, 1.82) is 0 Å². The molecular formula is C10H18O2. The van der Waals surface area contributed by atoms with E-state index in [1.54, 1.807) is 0 Å². The highest BCUT2D eigenvalue weighted by Gasteiger charge is 2.37. The Labute approximate surface area is 74.3 Å². The van der Waals surface area contributed by atoms with Crippen LogP contribution in [0.3, 0.4) is 0 Å². The minimum Gasteiger partial charge on any atom is -0.469 e. The molecule has 0 aromatic rings. The van der Waals surface area contributed by atoms with E-state index in [-0.39, 0.29) is 11.9 Å². The first-order valence-electron chi connectivity index (χ1n) is 4.69. The summed E-state index contributed by atoms with van der Waals surface area (Å²) in [6, 6.07) is 0. The highest BCUT2D eigenvalue weighted by molar-refractivity contribution is 5.72. The summed E-state index contributed by atoms with van der Waals surface area (Å²) in [5, 5.41) is 0. The Morgan fingerprint density at radius 3 is 2.75 bits per heavy atom. The SMILES string of the molecule is CCC1(C)CCC(C(=O)OC)C1. The van der Waals surface area contributed by atoms with Gasteiger partial charge in [-0.3, -0.25) is 4.79 Å². The molecule has 2 heteroatoms. The highest BCUT2D eigenvalue weighted by atomic mass is 16.5. The van der Waals surface area contributed by atoms with Crippen LogP contribution < -0.4 is 0 Å². The van der Waals surface area contributed by atoms with Gasteiger partial charge in [0, 0.05) is 0 Å². The number of hydrogen-bond donors (Lipinski definition) is 0. The van der Waals surface area contributed by atoms with Gasteiger partial charge < -0.3 is 4.74 Å². The van der Waals surface area contributed by atoms with Crippen LogP contribution in [0.2, 0.25) is 0 Å². The number of hydrogen-bond acceptors (Lipinski definition) is 2. The standard InChI is InChI=1S/C10H18O2/c1-4-10(2)6-5-8(7-10)9(11)12-3/h8H,4-7H2,1-3H3. The van der Waals surface area contributed by atoms with Crippen molar-refractivity contribution >= 4 is 5.97 Å². The summed E-state index contributed by atoms with van der Waals surface area (Å²) in [5.41, 5.74) is 0.388. The van der Waals surface area contributed by atoms with E-state index < -0.39 is 0 Å². The fourth-order valence-electron chi connectivity index (χ4n) is 2.01. The molecule has 0 radical (unpaired) electrons. The second-order valence-electron chi connectivity index (χ2n) is 4.13. The van der Waals surface area contributed by atoms with Gasteiger partial charge in [-0.05, 0) is 24.7 Å². The predicted octanol–water partition coefficient (Wildman–Crippen LogP) is 2.38. The molecule has 0 spiro atoms. The molecule has 1 aliphatic carbocycles. The van der Waals surface area contributed by atoms with Crippen molar-refractivity contribution < 1.29 is 9.53 Å². The van der Waals surface area contributed by atoms with Crippen LogP contribution in [0.5, 0.6) is 0 Å². The number of rotatable bonds is 2. The van der Waals surface area contributed by atoms with E-state index in [2.05, 4.69) is 13.8 Å². The molecular weight excluding hydrogens is 152 g/mol. The minimum absolute atomic E-state index is 0.0211. The van der Waals surface area contributed by atoms with E-state index in [1.807, 2.05) is 0 Å².